The van der Waals surface area contributed by atoms with Gasteiger partial charge in [-0.25, -0.2) is 17.6 Å². The second-order valence-electron chi connectivity index (χ2n) is 5.81. The standard InChI is InChI=1S/C19H13BrF4INO/c1-10-17(25)19(27-9-11-5-6-12(21)7-16(11)24)13(20)8-26(10)18-14(22)3-2-4-15(18)23/h2-7H,8-9H2,1H3. The Hall–Kier alpha value is -1.55. The lowest BCUT2D eigenvalue weighted by Crippen LogP contribution is -2.29. The molecule has 0 N–H and O–H groups in total. The Labute approximate surface area is 175 Å². The molecule has 1 heterocycles. The molecule has 0 amide bonds. The Kier molecular flexibility index (Phi) is 6.15. The summed E-state index contributed by atoms with van der Waals surface area (Å²) < 4.78 is 62.0. The number of ether oxygens (including phenoxy) is 1. The summed E-state index contributed by atoms with van der Waals surface area (Å²) >= 11 is 5.40. The fourth-order valence-corrected chi connectivity index (χ4v) is 4.36. The van der Waals surface area contributed by atoms with Crippen molar-refractivity contribution in [2.24, 2.45) is 0 Å². The molecule has 0 spiro atoms. The predicted molar refractivity (Wildman–Crippen MR) is 108 cm³/mol. The monoisotopic (exact) mass is 553 g/mol. The summed E-state index contributed by atoms with van der Waals surface area (Å²) in [6, 6.07) is 6.95. The van der Waals surface area contributed by atoms with Crippen molar-refractivity contribution in [1.29, 1.82) is 0 Å². The maximum atomic E-state index is 14.2. The molecular weight excluding hydrogens is 541 g/mol. The van der Waals surface area contributed by atoms with Crippen LogP contribution in [0.15, 0.2) is 55.9 Å². The molecular formula is C19H13BrF4INO. The van der Waals surface area contributed by atoms with E-state index in [2.05, 4.69) is 15.9 Å². The van der Waals surface area contributed by atoms with Gasteiger partial charge in [-0.3, -0.25) is 0 Å². The quantitative estimate of drug-likeness (QED) is 0.314. The van der Waals surface area contributed by atoms with Gasteiger partial charge in [0.05, 0.1) is 14.6 Å². The highest BCUT2D eigenvalue weighted by molar-refractivity contribution is 14.1. The van der Waals surface area contributed by atoms with E-state index in [1.807, 2.05) is 22.6 Å². The maximum absolute atomic E-state index is 14.2. The van der Waals surface area contributed by atoms with E-state index in [9.17, 15) is 17.6 Å². The first kappa shape index (κ1) is 20.2. The van der Waals surface area contributed by atoms with Crippen LogP contribution < -0.4 is 4.90 Å². The summed E-state index contributed by atoms with van der Waals surface area (Å²) in [4.78, 5) is 1.50. The first-order valence-electron chi connectivity index (χ1n) is 7.83. The van der Waals surface area contributed by atoms with Crippen LogP contribution in [0.25, 0.3) is 0 Å². The Morgan fingerprint density at radius 3 is 2.37 bits per heavy atom. The Balaban J connectivity index is 1.87. The van der Waals surface area contributed by atoms with Gasteiger partial charge in [0.25, 0.3) is 0 Å². The second-order valence-corrected chi connectivity index (χ2v) is 7.85. The lowest BCUT2D eigenvalue weighted by Gasteiger charge is -2.32. The molecule has 8 heteroatoms. The van der Waals surface area contributed by atoms with Crippen molar-refractivity contribution in [3.8, 4) is 0 Å². The molecule has 0 bridgehead atoms. The minimum atomic E-state index is -0.701. The van der Waals surface area contributed by atoms with Crippen molar-refractivity contribution in [3.63, 3.8) is 0 Å². The summed E-state index contributed by atoms with van der Waals surface area (Å²) in [7, 11) is 0. The normalized spacial score (nSPS) is 14.9. The first-order valence-corrected chi connectivity index (χ1v) is 9.70. The fraction of sp³-hybridized carbons (Fsp3) is 0.158. The van der Waals surface area contributed by atoms with Crippen LogP contribution in [0.3, 0.4) is 0 Å². The molecule has 0 fully saturated rings. The topological polar surface area (TPSA) is 12.5 Å². The van der Waals surface area contributed by atoms with Gasteiger partial charge in [0.1, 0.15) is 41.3 Å². The van der Waals surface area contributed by atoms with Crippen LogP contribution in [0.4, 0.5) is 23.2 Å². The van der Waals surface area contributed by atoms with E-state index in [1.54, 1.807) is 6.92 Å². The van der Waals surface area contributed by atoms with Crippen LogP contribution in [0, 0.1) is 23.3 Å². The number of allylic oxidation sites excluding steroid dienone is 2. The smallest absolute Gasteiger partial charge is 0.149 e. The largest absolute Gasteiger partial charge is 0.487 e. The number of benzene rings is 2. The van der Waals surface area contributed by atoms with E-state index < -0.39 is 23.3 Å². The van der Waals surface area contributed by atoms with E-state index in [1.165, 1.54) is 29.2 Å². The van der Waals surface area contributed by atoms with E-state index in [-0.39, 0.29) is 24.4 Å². The van der Waals surface area contributed by atoms with Gasteiger partial charge in [0, 0.05) is 17.3 Å². The molecule has 2 aromatic carbocycles. The van der Waals surface area contributed by atoms with Crippen LogP contribution in [-0.2, 0) is 11.3 Å². The van der Waals surface area contributed by atoms with Gasteiger partial charge in [-0.2, -0.15) is 0 Å². The average Bonchev–Trinajstić information content (AvgIpc) is 2.60. The number of nitrogens with zero attached hydrogens (tertiary/aromatic N) is 1. The minimum Gasteiger partial charge on any atom is -0.487 e. The molecule has 0 aliphatic carbocycles. The molecule has 0 atom stereocenters. The minimum absolute atomic E-state index is 0.107. The van der Waals surface area contributed by atoms with Crippen molar-refractivity contribution in [3.05, 3.63) is 84.7 Å². The lowest BCUT2D eigenvalue weighted by molar-refractivity contribution is 0.203. The summed E-state index contributed by atoms with van der Waals surface area (Å²) in [6.07, 6.45) is 0. The van der Waals surface area contributed by atoms with Crippen molar-refractivity contribution in [1.82, 2.24) is 0 Å². The number of hydrogen-bond donors (Lipinski definition) is 0. The fourth-order valence-electron chi connectivity index (χ4n) is 2.66. The lowest BCUT2D eigenvalue weighted by atomic mass is 10.1. The third kappa shape index (κ3) is 4.16. The predicted octanol–water partition coefficient (Wildman–Crippen LogP) is 6.55. The molecule has 0 radical (unpaired) electrons. The highest BCUT2D eigenvalue weighted by atomic mass is 127. The van der Waals surface area contributed by atoms with Gasteiger partial charge in [-0.1, -0.05) is 6.07 Å². The van der Waals surface area contributed by atoms with Crippen molar-refractivity contribution >= 4 is 44.2 Å². The number of halogens is 6. The molecule has 1 aliphatic rings. The summed E-state index contributed by atoms with van der Waals surface area (Å²) in [5.41, 5.74) is 0.649. The van der Waals surface area contributed by atoms with Crippen molar-refractivity contribution in [2.45, 2.75) is 13.5 Å². The second kappa shape index (κ2) is 8.22. The maximum Gasteiger partial charge on any atom is 0.149 e. The third-order valence-electron chi connectivity index (χ3n) is 4.06. The zero-order chi connectivity index (χ0) is 19.7. The third-order valence-corrected chi connectivity index (χ3v) is 5.94. The number of para-hydroxylation sites is 1. The number of hydrogen-bond acceptors (Lipinski definition) is 2. The van der Waals surface area contributed by atoms with Crippen molar-refractivity contribution in [2.75, 3.05) is 11.4 Å². The SMILES string of the molecule is CC1=C(I)C(OCc2ccc(F)cc2F)=C(Br)CN1c1c(F)cccc1F. The van der Waals surface area contributed by atoms with Gasteiger partial charge < -0.3 is 9.64 Å². The van der Waals surface area contributed by atoms with E-state index in [4.69, 9.17) is 4.74 Å². The summed E-state index contributed by atoms with van der Waals surface area (Å²) in [5.74, 6) is -2.26. The van der Waals surface area contributed by atoms with Gasteiger partial charge in [-0.15, -0.1) is 0 Å². The molecule has 0 saturated heterocycles. The highest BCUT2D eigenvalue weighted by Crippen LogP contribution is 2.39. The van der Waals surface area contributed by atoms with Crippen LogP contribution in [0.2, 0.25) is 0 Å². The van der Waals surface area contributed by atoms with Gasteiger partial charge in [0.15, 0.2) is 0 Å². The zero-order valence-corrected chi connectivity index (χ0v) is 17.7. The van der Waals surface area contributed by atoms with E-state index >= 15 is 0 Å². The molecule has 0 aromatic heterocycles. The molecule has 0 saturated carbocycles. The van der Waals surface area contributed by atoms with Gasteiger partial charge in [0.2, 0.25) is 0 Å². The van der Waals surface area contributed by atoms with E-state index in [0.29, 0.717) is 19.5 Å². The Morgan fingerprint density at radius 2 is 1.74 bits per heavy atom. The average molecular weight is 554 g/mol. The molecule has 142 valence electrons. The molecule has 2 aromatic rings. The molecule has 2 nitrogen and oxygen atoms in total. The number of anilines is 1. The first-order chi connectivity index (χ1) is 12.8. The number of rotatable bonds is 4. The Morgan fingerprint density at radius 1 is 1.07 bits per heavy atom. The molecule has 3 rings (SSSR count). The molecule has 27 heavy (non-hydrogen) atoms. The summed E-state index contributed by atoms with van der Waals surface area (Å²) in [6.45, 7) is 1.76. The van der Waals surface area contributed by atoms with Crippen LogP contribution in [0.5, 0.6) is 0 Å². The van der Waals surface area contributed by atoms with Gasteiger partial charge >= 0.3 is 0 Å². The van der Waals surface area contributed by atoms with Crippen molar-refractivity contribution < 1.29 is 22.3 Å². The van der Waals surface area contributed by atoms with Crippen LogP contribution in [-0.4, -0.2) is 6.54 Å². The highest BCUT2D eigenvalue weighted by Gasteiger charge is 2.28. The van der Waals surface area contributed by atoms with Crippen LogP contribution in [0.1, 0.15) is 12.5 Å². The Bertz CT molecular complexity index is 940. The van der Waals surface area contributed by atoms with Crippen LogP contribution >= 0.6 is 38.5 Å². The molecule has 0 unspecified atom stereocenters. The van der Waals surface area contributed by atoms with E-state index in [0.717, 1.165) is 12.1 Å². The summed E-state index contributed by atoms with van der Waals surface area (Å²) in [5, 5.41) is 0. The zero-order valence-electron chi connectivity index (χ0n) is 14.0. The van der Waals surface area contributed by atoms with Gasteiger partial charge in [-0.05, 0) is 69.7 Å². The molecule has 1 aliphatic heterocycles.